The van der Waals surface area contributed by atoms with Crippen LogP contribution in [0.1, 0.15) is 5.56 Å². The van der Waals surface area contributed by atoms with Gasteiger partial charge in [-0.2, -0.15) is 0 Å². The van der Waals surface area contributed by atoms with Crippen molar-refractivity contribution in [3.8, 4) is 0 Å². The van der Waals surface area contributed by atoms with Crippen molar-refractivity contribution in [2.24, 2.45) is 0 Å². The van der Waals surface area contributed by atoms with Crippen LogP contribution < -0.4 is 5.32 Å². The van der Waals surface area contributed by atoms with Crippen LogP contribution in [0.2, 0.25) is 10.0 Å². The standard InChI is InChI=1S/C15H10Cl2INO/c16-11-3-1-10(14(17)9-11)2-8-15(20)19-13-6-4-12(18)5-7-13/h1-9H,(H,19,20)/b8-2+. The second-order valence-electron chi connectivity index (χ2n) is 4.00. The number of nitrogens with one attached hydrogen (secondary N) is 1. The van der Waals surface area contributed by atoms with Gasteiger partial charge in [0.1, 0.15) is 0 Å². The van der Waals surface area contributed by atoms with Gasteiger partial charge in [0.25, 0.3) is 0 Å². The van der Waals surface area contributed by atoms with Gasteiger partial charge in [-0.3, -0.25) is 4.79 Å². The predicted octanol–water partition coefficient (Wildman–Crippen LogP) is 5.25. The largest absolute Gasteiger partial charge is 0.323 e. The van der Waals surface area contributed by atoms with Gasteiger partial charge in [0.15, 0.2) is 0 Å². The molecule has 0 fully saturated rings. The highest BCUT2D eigenvalue weighted by atomic mass is 127. The van der Waals surface area contributed by atoms with E-state index in [1.165, 1.54) is 6.08 Å². The highest BCUT2D eigenvalue weighted by Crippen LogP contribution is 2.22. The number of carbonyl (C=O) groups is 1. The van der Waals surface area contributed by atoms with Crippen LogP contribution in [0.5, 0.6) is 0 Å². The Morgan fingerprint density at radius 2 is 1.80 bits per heavy atom. The Balaban J connectivity index is 2.03. The lowest BCUT2D eigenvalue weighted by Crippen LogP contribution is -2.07. The van der Waals surface area contributed by atoms with Gasteiger partial charge < -0.3 is 5.32 Å². The van der Waals surface area contributed by atoms with Crippen molar-refractivity contribution in [3.05, 3.63) is 67.7 Å². The summed E-state index contributed by atoms with van der Waals surface area (Å²) in [7, 11) is 0. The Morgan fingerprint density at radius 1 is 1.10 bits per heavy atom. The summed E-state index contributed by atoms with van der Waals surface area (Å²) in [5.74, 6) is -0.211. The van der Waals surface area contributed by atoms with E-state index in [4.69, 9.17) is 23.2 Å². The summed E-state index contributed by atoms with van der Waals surface area (Å²) in [6, 6.07) is 12.7. The molecular formula is C15H10Cl2INO. The minimum atomic E-state index is -0.211. The maximum atomic E-state index is 11.8. The molecule has 2 nitrogen and oxygen atoms in total. The molecule has 0 bridgehead atoms. The summed E-state index contributed by atoms with van der Waals surface area (Å²) in [4.78, 5) is 11.8. The molecule has 0 heterocycles. The molecule has 5 heteroatoms. The fraction of sp³-hybridized carbons (Fsp3) is 0. The third-order valence-electron chi connectivity index (χ3n) is 2.49. The van der Waals surface area contributed by atoms with E-state index in [1.54, 1.807) is 24.3 Å². The Morgan fingerprint density at radius 3 is 2.45 bits per heavy atom. The molecular weight excluding hydrogens is 408 g/mol. The Bertz CT molecular complexity index is 653. The van der Waals surface area contributed by atoms with E-state index in [0.29, 0.717) is 10.0 Å². The highest BCUT2D eigenvalue weighted by molar-refractivity contribution is 14.1. The smallest absolute Gasteiger partial charge is 0.248 e. The molecule has 1 amide bonds. The number of halogens is 3. The molecule has 0 aliphatic carbocycles. The summed E-state index contributed by atoms with van der Waals surface area (Å²) in [6.45, 7) is 0. The van der Waals surface area contributed by atoms with Crippen LogP contribution in [0.4, 0.5) is 5.69 Å². The summed E-state index contributed by atoms with van der Waals surface area (Å²) in [6.07, 6.45) is 3.09. The fourth-order valence-corrected chi connectivity index (χ4v) is 2.35. The average molecular weight is 418 g/mol. The molecule has 0 atom stereocenters. The van der Waals surface area contributed by atoms with Crippen molar-refractivity contribution >= 4 is 63.5 Å². The van der Waals surface area contributed by atoms with Crippen LogP contribution in [-0.4, -0.2) is 5.91 Å². The number of benzene rings is 2. The molecule has 0 aliphatic heterocycles. The van der Waals surface area contributed by atoms with E-state index in [1.807, 2.05) is 24.3 Å². The topological polar surface area (TPSA) is 29.1 Å². The van der Waals surface area contributed by atoms with Gasteiger partial charge in [-0.05, 0) is 70.6 Å². The maximum Gasteiger partial charge on any atom is 0.248 e. The lowest BCUT2D eigenvalue weighted by Gasteiger charge is -2.02. The molecule has 0 radical (unpaired) electrons. The van der Waals surface area contributed by atoms with Crippen LogP contribution >= 0.6 is 45.8 Å². The predicted molar refractivity (Wildman–Crippen MR) is 93.3 cm³/mol. The van der Waals surface area contributed by atoms with Gasteiger partial charge >= 0.3 is 0 Å². The molecule has 0 saturated carbocycles. The van der Waals surface area contributed by atoms with Crippen molar-refractivity contribution in [1.29, 1.82) is 0 Å². The molecule has 0 spiro atoms. The Hall–Kier alpha value is -1.04. The van der Waals surface area contributed by atoms with Crippen molar-refractivity contribution in [2.75, 3.05) is 5.32 Å². The molecule has 0 aliphatic rings. The molecule has 0 aromatic heterocycles. The van der Waals surface area contributed by atoms with E-state index in [9.17, 15) is 4.79 Å². The van der Waals surface area contributed by atoms with Gasteiger partial charge in [0.2, 0.25) is 5.91 Å². The van der Waals surface area contributed by atoms with Crippen LogP contribution in [0.3, 0.4) is 0 Å². The lowest BCUT2D eigenvalue weighted by molar-refractivity contribution is -0.111. The van der Waals surface area contributed by atoms with Crippen LogP contribution in [0, 0.1) is 3.57 Å². The molecule has 20 heavy (non-hydrogen) atoms. The monoisotopic (exact) mass is 417 g/mol. The number of hydrogen-bond donors (Lipinski definition) is 1. The SMILES string of the molecule is O=C(/C=C/c1ccc(Cl)cc1Cl)Nc1ccc(I)cc1. The van der Waals surface area contributed by atoms with Gasteiger partial charge in [0, 0.05) is 25.4 Å². The number of amides is 1. The molecule has 2 aromatic rings. The summed E-state index contributed by atoms with van der Waals surface area (Å²) >= 11 is 14.0. The first kappa shape index (κ1) is 15.4. The zero-order valence-corrected chi connectivity index (χ0v) is 13.9. The lowest BCUT2D eigenvalue weighted by atomic mass is 10.2. The second kappa shape index (κ2) is 7.11. The van der Waals surface area contributed by atoms with Crippen LogP contribution in [0.25, 0.3) is 6.08 Å². The number of hydrogen-bond acceptors (Lipinski definition) is 1. The third kappa shape index (κ3) is 4.51. The summed E-state index contributed by atoms with van der Waals surface area (Å²) in [5.41, 5.74) is 1.50. The van der Waals surface area contributed by atoms with Gasteiger partial charge in [0.05, 0.1) is 0 Å². The minimum absolute atomic E-state index is 0.211. The second-order valence-corrected chi connectivity index (χ2v) is 6.08. The third-order valence-corrected chi connectivity index (χ3v) is 3.77. The van der Waals surface area contributed by atoms with E-state index in [0.717, 1.165) is 14.8 Å². The minimum Gasteiger partial charge on any atom is -0.323 e. The Labute approximate surface area is 140 Å². The normalized spacial score (nSPS) is 10.8. The first-order valence-corrected chi connectivity index (χ1v) is 7.58. The maximum absolute atomic E-state index is 11.8. The Kier molecular flexibility index (Phi) is 5.46. The fourth-order valence-electron chi connectivity index (χ4n) is 1.52. The quantitative estimate of drug-likeness (QED) is 0.536. The first-order valence-electron chi connectivity index (χ1n) is 5.74. The number of rotatable bonds is 3. The van der Waals surface area contributed by atoms with Crippen molar-refractivity contribution < 1.29 is 4.79 Å². The van der Waals surface area contributed by atoms with Crippen molar-refractivity contribution in [3.63, 3.8) is 0 Å². The van der Waals surface area contributed by atoms with E-state index < -0.39 is 0 Å². The molecule has 0 saturated heterocycles. The van der Waals surface area contributed by atoms with Gasteiger partial charge in [-0.1, -0.05) is 29.3 Å². The highest BCUT2D eigenvalue weighted by Gasteiger charge is 2.00. The van der Waals surface area contributed by atoms with Crippen molar-refractivity contribution in [1.82, 2.24) is 0 Å². The molecule has 2 aromatic carbocycles. The van der Waals surface area contributed by atoms with Crippen molar-refractivity contribution in [2.45, 2.75) is 0 Å². The number of carbonyl (C=O) groups excluding carboxylic acids is 1. The average Bonchev–Trinajstić information content (AvgIpc) is 2.40. The zero-order chi connectivity index (χ0) is 14.5. The van der Waals surface area contributed by atoms with Gasteiger partial charge in [-0.15, -0.1) is 0 Å². The van der Waals surface area contributed by atoms with Crippen LogP contribution in [-0.2, 0) is 4.79 Å². The number of anilines is 1. The van der Waals surface area contributed by atoms with E-state index >= 15 is 0 Å². The first-order chi connectivity index (χ1) is 9.54. The molecule has 2 rings (SSSR count). The molecule has 1 N–H and O–H groups in total. The summed E-state index contributed by atoms with van der Waals surface area (Å²) < 4.78 is 1.11. The zero-order valence-electron chi connectivity index (χ0n) is 10.2. The van der Waals surface area contributed by atoms with Crippen LogP contribution in [0.15, 0.2) is 48.5 Å². The van der Waals surface area contributed by atoms with E-state index in [2.05, 4.69) is 27.9 Å². The van der Waals surface area contributed by atoms with Gasteiger partial charge in [-0.25, -0.2) is 0 Å². The molecule has 102 valence electrons. The van der Waals surface area contributed by atoms with E-state index in [-0.39, 0.29) is 5.91 Å². The summed E-state index contributed by atoms with van der Waals surface area (Å²) in [5, 5.41) is 3.85. The molecule has 0 unspecified atom stereocenters.